The van der Waals surface area contributed by atoms with E-state index in [2.05, 4.69) is 10.6 Å². The van der Waals surface area contributed by atoms with Crippen LogP contribution in [0.4, 0.5) is 23.7 Å². The van der Waals surface area contributed by atoms with E-state index in [4.69, 9.17) is 0 Å². The van der Waals surface area contributed by atoms with Crippen LogP contribution in [-0.2, 0) is 11.0 Å². The fourth-order valence-electron chi connectivity index (χ4n) is 3.01. The van der Waals surface area contributed by atoms with Gasteiger partial charge >= 0.3 is 12.2 Å². The van der Waals surface area contributed by atoms with Crippen molar-refractivity contribution in [2.45, 2.75) is 18.6 Å². The van der Waals surface area contributed by atoms with E-state index in [1.54, 1.807) is 12.1 Å². The van der Waals surface area contributed by atoms with E-state index in [0.717, 1.165) is 17.7 Å². The fourth-order valence-corrected chi connectivity index (χ4v) is 3.01. The van der Waals surface area contributed by atoms with E-state index in [-0.39, 0.29) is 31.1 Å². The Morgan fingerprint density at radius 2 is 1.85 bits per heavy atom. The third-order valence-corrected chi connectivity index (χ3v) is 4.32. The summed E-state index contributed by atoms with van der Waals surface area (Å²) in [6, 6.07) is 12.5. The first kappa shape index (κ1) is 18.8. The summed E-state index contributed by atoms with van der Waals surface area (Å²) in [5, 5.41) is 5.23. The summed E-state index contributed by atoms with van der Waals surface area (Å²) >= 11 is 0. The number of benzene rings is 2. The molecule has 1 fully saturated rings. The van der Waals surface area contributed by atoms with Crippen molar-refractivity contribution in [3.63, 3.8) is 0 Å². The third kappa shape index (κ3) is 4.58. The number of hydrogen-bond acceptors (Lipinski definition) is 2. The molecular weight excluding hydrogens is 359 g/mol. The quantitative estimate of drug-likeness (QED) is 0.836. The van der Waals surface area contributed by atoms with Crippen LogP contribution >= 0.6 is 0 Å². The lowest BCUT2D eigenvalue weighted by molar-refractivity contribution is -0.137. The summed E-state index contributed by atoms with van der Waals surface area (Å²) in [6.45, 7) is 0.522. The molecular formula is C19H18F3N3O2. The predicted molar refractivity (Wildman–Crippen MR) is 94.0 cm³/mol. The van der Waals surface area contributed by atoms with Gasteiger partial charge in [-0.05, 0) is 23.8 Å². The van der Waals surface area contributed by atoms with Crippen LogP contribution in [0.25, 0.3) is 0 Å². The number of carbonyl (C=O) groups excluding carboxylic acids is 2. The Morgan fingerprint density at radius 1 is 1.11 bits per heavy atom. The molecule has 3 rings (SSSR count). The first-order chi connectivity index (χ1) is 12.8. The Bertz CT molecular complexity index is 824. The molecule has 1 heterocycles. The summed E-state index contributed by atoms with van der Waals surface area (Å²) in [5.74, 6) is -0.182. The van der Waals surface area contributed by atoms with Gasteiger partial charge in [-0.2, -0.15) is 13.2 Å². The van der Waals surface area contributed by atoms with Gasteiger partial charge in [-0.15, -0.1) is 0 Å². The molecule has 27 heavy (non-hydrogen) atoms. The maximum absolute atomic E-state index is 12.9. The molecule has 1 aliphatic heterocycles. The highest BCUT2D eigenvalue weighted by atomic mass is 19.4. The minimum Gasteiger partial charge on any atom is -0.354 e. The lowest BCUT2D eigenvalue weighted by Gasteiger charge is -2.29. The van der Waals surface area contributed by atoms with Crippen molar-refractivity contribution in [3.8, 4) is 0 Å². The predicted octanol–water partition coefficient (Wildman–Crippen LogP) is 3.80. The van der Waals surface area contributed by atoms with Crippen molar-refractivity contribution >= 4 is 17.6 Å². The first-order valence-electron chi connectivity index (χ1n) is 8.41. The molecule has 0 spiro atoms. The van der Waals surface area contributed by atoms with Crippen LogP contribution in [0, 0.1) is 0 Å². The highest BCUT2D eigenvalue weighted by molar-refractivity contribution is 5.90. The van der Waals surface area contributed by atoms with Gasteiger partial charge < -0.3 is 15.5 Å². The number of alkyl halides is 3. The standard InChI is InChI=1S/C19H18F3N3O2/c20-19(21,22)14-7-4-8-15(11-14)24-18(27)25-10-9-23-17(26)12-16(25)13-5-2-1-3-6-13/h1-8,11,16H,9-10,12H2,(H,23,26)(H,24,27). The Hall–Kier alpha value is -3.03. The van der Waals surface area contributed by atoms with Gasteiger partial charge in [0.1, 0.15) is 0 Å². The van der Waals surface area contributed by atoms with Gasteiger partial charge in [0, 0.05) is 18.8 Å². The van der Waals surface area contributed by atoms with E-state index in [1.165, 1.54) is 17.0 Å². The lowest BCUT2D eigenvalue weighted by Crippen LogP contribution is -2.39. The molecule has 5 nitrogen and oxygen atoms in total. The van der Waals surface area contributed by atoms with Crippen molar-refractivity contribution in [1.82, 2.24) is 10.2 Å². The van der Waals surface area contributed by atoms with Crippen molar-refractivity contribution < 1.29 is 22.8 Å². The van der Waals surface area contributed by atoms with Crippen LogP contribution in [0.5, 0.6) is 0 Å². The van der Waals surface area contributed by atoms with Crippen molar-refractivity contribution in [3.05, 3.63) is 65.7 Å². The fraction of sp³-hybridized carbons (Fsp3) is 0.263. The molecule has 142 valence electrons. The topological polar surface area (TPSA) is 61.4 Å². The van der Waals surface area contributed by atoms with Gasteiger partial charge in [0.2, 0.25) is 5.91 Å². The zero-order valence-corrected chi connectivity index (χ0v) is 14.3. The van der Waals surface area contributed by atoms with E-state index in [0.29, 0.717) is 0 Å². The molecule has 0 radical (unpaired) electrons. The highest BCUT2D eigenvalue weighted by Gasteiger charge is 2.32. The van der Waals surface area contributed by atoms with Crippen molar-refractivity contribution in [1.29, 1.82) is 0 Å². The van der Waals surface area contributed by atoms with Crippen LogP contribution in [0.1, 0.15) is 23.6 Å². The van der Waals surface area contributed by atoms with Crippen LogP contribution < -0.4 is 10.6 Å². The summed E-state index contributed by atoms with van der Waals surface area (Å²) in [6.07, 6.45) is -4.41. The van der Waals surface area contributed by atoms with Crippen molar-refractivity contribution in [2.75, 3.05) is 18.4 Å². The van der Waals surface area contributed by atoms with Gasteiger partial charge in [-0.25, -0.2) is 4.79 Å². The molecule has 2 N–H and O–H groups in total. The van der Waals surface area contributed by atoms with E-state index in [9.17, 15) is 22.8 Å². The highest BCUT2D eigenvalue weighted by Crippen LogP contribution is 2.31. The molecule has 0 bridgehead atoms. The number of nitrogens with zero attached hydrogens (tertiary/aromatic N) is 1. The van der Waals surface area contributed by atoms with Crippen LogP contribution in [0.3, 0.4) is 0 Å². The molecule has 2 aromatic carbocycles. The first-order valence-corrected chi connectivity index (χ1v) is 8.41. The zero-order chi connectivity index (χ0) is 19.4. The minimum absolute atomic E-state index is 0.0465. The van der Waals surface area contributed by atoms with Gasteiger partial charge in [0.05, 0.1) is 18.0 Å². The van der Waals surface area contributed by atoms with Gasteiger partial charge in [0.25, 0.3) is 0 Å². The average Bonchev–Trinajstić information content (AvgIpc) is 2.83. The molecule has 0 aromatic heterocycles. The second-order valence-corrected chi connectivity index (χ2v) is 6.18. The zero-order valence-electron chi connectivity index (χ0n) is 14.3. The second-order valence-electron chi connectivity index (χ2n) is 6.18. The number of nitrogens with one attached hydrogen (secondary N) is 2. The molecule has 2 aromatic rings. The number of amides is 3. The number of hydrogen-bond donors (Lipinski definition) is 2. The summed E-state index contributed by atoms with van der Waals surface area (Å²) in [7, 11) is 0. The maximum Gasteiger partial charge on any atom is 0.416 e. The van der Waals surface area contributed by atoms with Crippen LogP contribution in [0.2, 0.25) is 0 Å². The SMILES string of the molecule is O=C1CC(c2ccccc2)N(C(=O)Nc2cccc(C(F)(F)F)c2)CCN1. The van der Waals surface area contributed by atoms with Crippen LogP contribution in [-0.4, -0.2) is 29.9 Å². The number of anilines is 1. The second kappa shape index (κ2) is 7.69. The van der Waals surface area contributed by atoms with Crippen LogP contribution in [0.15, 0.2) is 54.6 Å². The molecule has 1 atom stereocenters. The largest absolute Gasteiger partial charge is 0.416 e. The Balaban J connectivity index is 1.84. The molecule has 0 aliphatic carbocycles. The average molecular weight is 377 g/mol. The normalized spacial score (nSPS) is 17.8. The van der Waals surface area contributed by atoms with Crippen molar-refractivity contribution in [2.24, 2.45) is 0 Å². The Kier molecular flexibility index (Phi) is 5.34. The summed E-state index contributed by atoms with van der Waals surface area (Å²) in [4.78, 5) is 26.2. The van der Waals surface area contributed by atoms with Gasteiger partial charge in [-0.1, -0.05) is 36.4 Å². The van der Waals surface area contributed by atoms with E-state index < -0.39 is 23.8 Å². The minimum atomic E-state index is -4.49. The molecule has 3 amide bonds. The lowest BCUT2D eigenvalue weighted by atomic mass is 10.0. The molecule has 1 saturated heterocycles. The Morgan fingerprint density at radius 3 is 2.56 bits per heavy atom. The van der Waals surface area contributed by atoms with Gasteiger partial charge in [-0.3, -0.25) is 4.79 Å². The van der Waals surface area contributed by atoms with E-state index in [1.807, 2.05) is 18.2 Å². The number of rotatable bonds is 2. The van der Waals surface area contributed by atoms with E-state index >= 15 is 0 Å². The summed E-state index contributed by atoms with van der Waals surface area (Å²) in [5.41, 5.74) is -0.00784. The maximum atomic E-state index is 12.9. The number of urea groups is 1. The van der Waals surface area contributed by atoms with Gasteiger partial charge in [0.15, 0.2) is 0 Å². The number of carbonyl (C=O) groups is 2. The molecule has 8 heteroatoms. The number of halogens is 3. The third-order valence-electron chi connectivity index (χ3n) is 4.32. The summed E-state index contributed by atoms with van der Waals surface area (Å²) < 4.78 is 38.6. The smallest absolute Gasteiger partial charge is 0.354 e. The molecule has 1 unspecified atom stereocenters. The Labute approximate surface area is 154 Å². The molecule has 1 aliphatic rings. The monoisotopic (exact) mass is 377 g/mol. The molecule has 0 saturated carbocycles.